The van der Waals surface area contributed by atoms with E-state index < -0.39 is 0 Å². The Bertz CT molecular complexity index is 920. The Balaban J connectivity index is 1.66. The second-order valence-electron chi connectivity index (χ2n) is 5.54. The van der Waals surface area contributed by atoms with Crippen molar-refractivity contribution in [2.24, 2.45) is 0 Å². The SMILES string of the molecule is CCCOC(=O)c1ccc(Nc2nnc(Cc3cccs3)c(=O)[nH]2)cc1. The summed E-state index contributed by atoms with van der Waals surface area (Å²) < 4.78 is 5.08. The normalized spacial score (nSPS) is 10.5. The number of carbonyl (C=O) groups excluding carboxylic acids is 1. The molecule has 3 rings (SSSR count). The second kappa shape index (κ2) is 8.39. The van der Waals surface area contributed by atoms with Gasteiger partial charge >= 0.3 is 5.97 Å². The van der Waals surface area contributed by atoms with Gasteiger partial charge in [0.2, 0.25) is 5.95 Å². The molecule has 0 amide bonds. The van der Waals surface area contributed by atoms with Gasteiger partial charge in [0.1, 0.15) is 5.69 Å². The molecule has 2 aromatic heterocycles. The topological polar surface area (TPSA) is 97.0 Å². The van der Waals surface area contributed by atoms with Crippen LogP contribution in [0, 0.1) is 0 Å². The standard InChI is InChI=1S/C18H18N4O3S/c1-2-9-25-17(24)12-5-7-13(8-6-12)19-18-20-16(23)15(21-22-18)11-14-4-3-10-26-14/h3-8,10H,2,9,11H2,1H3,(H2,19,20,22,23). The van der Waals surface area contributed by atoms with Crippen LogP contribution in [0.5, 0.6) is 0 Å². The second-order valence-corrected chi connectivity index (χ2v) is 6.58. The lowest BCUT2D eigenvalue weighted by Crippen LogP contribution is -2.18. The predicted molar refractivity (Wildman–Crippen MR) is 100 cm³/mol. The van der Waals surface area contributed by atoms with Crippen molar-refractivity contribution < 1.29 is 9.53 Å². The van der Waals surface area contributed by atoms with Crippen molar-refractivity contribution in [2.75, 3.05) is 11.9 Å². The molecular formula is C18H18N4O3S. The lowest BCUT2D eigenvalue weighted by molar-refractivity contribution is 0.0505. The fraction of sp³-hybridized carbons (Fsp3) is 0.222. The van der Waals surface area contributed by atoms with E-state index in [4.69, 9.17) is 4.74 Å². The number of hydrogen-bond acceptors (Lipinski definition) is 7. The zero-order chi connectivity index (χ0) is 18.4. The van der Waals surface area contributed by atoms with Crippen LogP contribution in [0.15, 0.2) is 46.6 Å². The zero-order valence-electron chi connectivity index (χ0n) is 14.2. The van der Waals surface area contributed by atoms with Crippen molar-refractivity contribution in [3.05, 3.63) is 68.3 Å². The van der Waals surface area contributed by atoms with E-state index in [-0.39, 0.29) is 17.5 Å². The number of nitrogens with one attached hydrogen (secondary N) is 2. The quantitative estimate of drug-likeness (QED) is 0.620. The largest absolute Gasteiger partial charge is 0.462 e. The van der Waals surface area contributed by atoms with Crippen LogP contribution in [0.2, 0.25) is 0 Å². The van der Waals surface area contributed by atoms with Gasteiger partial charge in [-0.15, -0.1) is 21.5 Å². The molecule has 1 aromatic carbocycles. The van der Waals surface area contributed by atoms with Crippen molar-refractivity contribution in [3.8, 4) is 0 Å². The Morgan fingerprint density at radius 2 is 2.04 bits per heavy atom. The first-order chi connectivity index (χ1) is 12.7. The van der Waals surface area contributed by atoms with Crippen molar-refractivity contribution in [2.45, 2.75) is 19.8 Å². The number of hydrogen-bond donors (Lipinski definition) is 2. The summed E-state index contributed by atoms with van der Waals surface area (Å²) >= 11 is 1.57. The summed E-state index contributed by atoms with van der Waals surface area (Å²) in [5, 5.41) is 12.9. The molecule has 0 bridgehead atoms. The van der Waals surface area contributed by atoms with Gasteiger partial charge in [-0.05, 0) is 42.1 Å². The number of nitrogens with zero attached hydrogens (tertiary/aromatic N) is 2. The van der Waals surface area contributed by atoms with Gasteiger partial charge in [0.05, 0.1) is 12.2 Å². The highest BCUT2D eigenvalue weighted by Crippen LogP contribution is 2.14. The summed E-state index contributed by atoms with van der Waals surface area (Å²) in [7, 11) is 0. The minimum absolute atomic E-state index is 0.242. The number of benzene rings is 1. The number of esters is 1. The maximum absolute atomic E-state index is 12.1. The summed E-state index contributed by atoms with van der Waals surface area (Å²) in [6.45, 7) is 2.33. The van der Waals surface area contributed by atoms with Gasteiger partial charge in [0, 0.05) is 17.0 Å². The molecule has 0 aliphatic carbocycles. The van der Waals surface area contributed by atoms with E-state index in [0.29, 0.717) is 30.0 Å². The molecular weight excluding hydrogens is 352 g/mol. The average molecular weight is 370 g/mol. The van der Waals surface area contributed by atoms with Crippen LogP contribution >= 0.6 is 11.3 Å². The first-order valence-electron chi connectivity index (χ1n) is 8.18. The molecule has 3 aromatic rings. The lowest BCUT2D eigenvalue weighted by atomic mass is 10.2. The van der Waals surface area contributed by atoms with E-state index in [1.807, 2.05) is 24.4 Å². The Kier molecular flexibility index (Phi) is 5.75. The van der Waals surface area contributed by atoms with Crippen molar-refractivity contribution >= 4 is 28.9 Å². The highest BCUT2D eigenvalue weighted by Gasteiger charge is 2.09. The molecule has 0 aliphatic rings. The summed E-state index contributed by atoms with van der Waals surface area (Å²) in [6.07, 6.45) is 1.23. The molecule has 8 heteroatoms. The maximum Gasteiger partial charge on any atom is 0.338 e. The minimum Gasteiger partial charge on any atom is -0.462 e. The molecule has 7 nitrogen and oxygen atoms in total. The van der Waals surface area contributed by atoms with E-state index in [2.05, 4.69) is 20.5 Å². The van der Waals surface area contributed by atoms with Crippen LogP contribution in [-0.4, -0.2) is 27.8 Å². The summed E-state index contributed by atoms with van der Waals surface area (Å²) in [5.74, 6) is -0.115. The van der Waals surface area contributed by atoms with Crippen molar-refractivity contribution in [1.29, 1.82) is 0 Å². The van der Waals surface area contributed by atoms with Gasteiger partial charge < -0.3 is 10.1 Å². The molecule has 0 fully saturated rings. The third-order valence-electron chi connectivity index (χ3n) is 3.51. The minimum atomic E-state index is -0.357. The predicted octanol–water partition coefficient (Wildman–Crippen LogP) is 3.13. The zero-order valence-corrected chi connectivity index (χ0v) is 15.0. The Labute approximate surface area is 154 Å². The number of anilines is 2. The molecule has 0 unspecified atom stereocenters. The smallest absolute Gasteiger partial charge is 0.338 e. The van der Waals surface area contributed by atoms with Gasteiger partial charge in [-0.3, -0.25) is 9.78 Å². The van der Waals surface area contributed by atoms with Gasteiger partial charge in [-0.25, -0.2) is 4.79 Å². The molecule has 2 heterocycles. The van der Waals surface area contributed by atoms with E-state index in [0.717, 1.165) is 11.3 Å². The van der Waals surface area contributed by atoms with Crippen LogP contribution in [0.4, 0.5) is 11.6 Å². The molecule has 134 valence electrons. The first-order valence-corrected chi connectivity index (χ1v) is 9.06. The summed E-state index contributed by atoms with van der Waals surface area (Å²) in [5.41, 5.74) is 1.23. The van der Waals surface area contributed by atoms with E-state index in [9.17, 15) is 9.59 Å². The van der Waals surface area contributed by atoms with Crippen molar-refractivity contribution in [1.82, 2.24) is 15.2 Å². The van der Waals surface area contributed by atoms with Crippen molar-refractivity contribution in [3.63, 3.8) is 0 Å². The molecule has 0 radical (unpaired) electrons. The van der Waals surface area contributed by atoms with Crippen LogP contribution in [0.25, 0.3) is 0 Å². The van der Waals surface area contributed by atoms with E-state index in [1.54, 1.807) is 35.6 Å². The van der Waals surface area contributed by atoms with Crippen LogP contribution in [0.3, 0.4) is 0 Å². The lowest BCUT2D eigenvalue weighted by Gasteiger charge is -2.07. The fourth-order valence-corrected chi connectivity index (χ4v) is 2.92. The highest BCUT2D eigenvalue weighted by molar-refractivity contribution is 7.09. The number of carbonyl (C=O) groups is 1. The molecule has 0 saturated heterocycles. The summed E-state index contributed by atoms with van der Waals surface area (Å²) in [6, 6.07) is 10.6. The number of aromatic amines is 1. The van der Waals surface area contributed by atoms with E-state index in [1.165, 1.54) is 0 Å². The van der Waals surface area contributed by atoms with E-state index >= 15 is 0 Å². The van der Waals surface area contributed by atoms with Gasteiger partial charge in [0.25, 0.3) is 5.56 Å². The monoisotopic (exact) mass is 370 g/mol. The van der Waals surface area contributed by atoms with Crippen LogP contribution < -0.4 is 10.9 Å². The third kappa shape index (κ3) is 4.54. The Morgan fingerprint density at radius 1 is 1.23 bits per heavy atom. The number of thiophene rings is 1. The number of H-pyrrole nitrogens is 1. The third-order valence-corrected chi connectivity index (χ3v) is 4.38. The summed E-state index contributed by atoms with van der Waals surface area (Å²) in [4.78, 5) is 27.6. The molecule has 0 aliphatic heterocycles. The average Bonchev–Trinajstić information content (AvgIpc) is 3.16. The first kappa shape index (κ1) is 17.8. The van der Waals surface area contributed by atoms with Crippen LogP contribution in [0.1, 0.15) is 34.3 Å². The van der Waals surface area contributed by atoms with Gasteiger partial charge in [-0.2, -0.15) is 0 Å². The molecule has 0 spiro atoms. The van der Waals surface area contributed by atoms with Crippen LogP contribution in [-0.2, 0) is 11.2 Å². The number of ether oxygens (including phenoxy) is 1. The number of aromatic nitrogens is 3. The highest BCUT2D eigenvalue weighted by atomic mass is 32.1. The van der Waals surface area contributed by atoms with Gasteiger partial charge in [0.15, 0.2) is 0 Å². The fourth-order valence-electron chi connectivity index (χ4n) is 2.21. The maximum atomic E-state index is 12.1. The molecule has 26 heavy (non-hydrogen) atoms. The Hall–Kier alpha value is -3.00. The molecule has 0 saturated carbocycles. The van der Waals surface area contributed by atoms with Gasteiger partial charge in [-0.1, -0.05) is 13.0 Å². The number of rotatable bonds is 7. The molecule has 0 atom stereocenters. The Morgan fingerprint density at radius 3 is 2.69 bits per heavy atom. The molecule has 2 N–H and O–H groups in total.